The van der Waals surface area contributed by atoms with E-state index in [2.05, 4.69) is 19.1 Å². The molecule has 168 valence electrons. The van der Waals surface area contributed by atoms with Gasteiger partial charge in [-0.2, -0.15) is 0 Å². The zero-order valence-corrected chi connectivity index (χ0v) is 20.4. The third-order valence-corrected chi connectivity index (χ3v) is 7.66. The number of nitrogens with zero attached hydrogens (tertiary/aromatic N) is 1. The molecule has 4 nitrogen and oxygen atoms in total. The first-order valence-electron chi connectivity index (χ1n) is 11.7. The molecule has 0 heterocycles. The van der Waals surface area contributed by atoms with E-state index in [4.69, 9.17) is 4.52 Å². The third-order valence-electron chi connectivity index (χ3n) is 5.30. The van der Waals surface area contributed by atoms with Crippen molar-refractivity contribution >= 4 is 7.60 Å². The van der Waals surface area contributed by atoms with E-state index in [1.807, 2.05) is 28.1 Å². The largest absolute Gasteiger partial charge is 0.385 e. The maximum Gasteiger partial charge on any atom is 0.385 e. The lowest BCUT2D eigenvalue weighted by molar-refractivity contribution is -0.883. The van der Waals surface area contributed by atoms with Crippen molar-refractivity contribution in [2.75, 3.05) is 27.7 Å². The average molecular weight is 419 g/mol. The van der Waals surface area contributed by atoms with Crippen LogP contribution in [0.5, 0.6) is 0 Å². The Morgan fingerprint density at radius 1 is 0.821 bits per heavy atom. The van der Waals surface area contributed by atoms with Gasteiger partial charge in [-0.1, -0.05) is 83.8 Å². The van der Waals surface area contributed by atoms with Crippen LogP contribution in [0.3, 0.4) is 0 Å². The van der Waals surface area contributed by atoms with Crippen molar-refractivity contribution in [3.05, 3.63) is 12.2 Å². The van der Waals surface area contributed by atoms with Crippen molar-refractivity contribution in [3.63, 3.8) is 0 Å². The van der Waals surface area contributed by atoms with Gasteiger partial charge in [0, 0.05) is 6.42 Å². The summed E-state index contributed by atoms with van der Waals surface area (Å²) >= 11 is 0. The van der Waals surface area contributed by atoms with Crippen LogP contribution >= 0.6 is 7.60 Å². The molecule has 28 heavy (non-hydrogen) atoms. The minimum Gasteiger partial charge on any atom is -0.320 e. The molecule has 0 aromatic rings. The zero-order chi connectivity index (χ0) is 21.3. The van der Waals surface area contributed by atoms with Gasteiger partial charge in [0.1, 0.15) is 0 Å². The summed E-state index contributed by atoms with van der Waals surface area (Å²) in [6.45, 7) is 4.57. The minimum absolute atomic E-state index is 0.347. The van der Waals surface area contributed by atoms with Crippen LogP contribution in [0.4, 0.5) is 0 Å². The molecule has 1 N–H and O–H groups in total. The molecule has 5 heteroatoms. The monoisotopic (exact) mass is 418 g/mol. The first-order valence-corrected chi connectivity index (χ1v) is 13.3. The van der Waals surface area contributed by atoms with Crippen LogP contribution in [0, 0.1) is 0 Å². The Morgan fingerprint density at radius 3 is 1.75 bits per heavy atom. The number of hydrogen-bond acceptors (Lipinski definition) is 2. The summed E-state index contributed by atoms with van der Waals surface area (Å²) in [5.41, 5.74) is 0. The predicted octanol–water partition coefficient (Wildman–Crippen LogP) is 7.28. The van der Waals surface area contributed by atoms with E-state index >= 15 is 0 Å². The Kier molecular flexibility index (Phi) is 16.5. The van der Waals surface area contributed by atoms with Crippen LogP contribution in [-0.4, -0.2) is 42.9 Å². The lowest BCUT2D eigenvalue weighted by Gasteiger charge is -2.35. The first-order chi connectivity index (χ1) is 13.3. The Balaban J connectivity index is 3.52. The predicted molar refractivity (Wildman–Crippen MR) is 123 cm³/mol. The molecule has 0 rings (SSSR count). The summed E-state index contributed by atoms with van der Waals surface area (Å²) in [6, 6.07) is 0. The van der Waals surface area contributed by atoms with E-state index in [-0.39, 0.29) is 5.78 Å². The van der Waals surface area contributed by atoms with Gasteiger partial charge in [-0.05, 0) is 25.7 Å². The number of unbranched alkanes of at least 4 members (excludes halogenated alkanes) is 11. The highest BCUT2D eigenvalue weighted by Gasteiger charge is 2.41. The van der Waals surface area contributed by atoms with Crippen LogP contribution in [0.1, 0.15) is 104 Å². The van der Waals surface area contributed by atoms with Gasteiger partial charge in [0.25, 0.3) is 0 Å². The Labute approximate surface area is 175 Å². The molecule has 0 spiro atoms. The summed E-state index contributed by atoms with van der Waals surface area (Å²) < 4.78 is 18.3. The Morgan fingerprint density at radius 2 is 1.29 bits per heavy atom. The summed E-state index contributed by atoms with van der Waals surface area (Å²) in [5, 5.41) is 0. The maximum absolute atomic E-state index is 12.5. The molecule has 0 bridgehead atoms. The van der Waals surface area contributed by atoms with Gasteiger partial charge in [0.05, 0.1) is 27.7 Å². The highest BCUT2D eigenvalue weighted by molar-refractivity contribution is 7.53. The van der Waals surface area contributed by atoms with E-state index in [1.165, 1.54) is 70.6 Å². The summed E-state index contributed by atoms with van der Waals surface area (Å²) in [4.78, 5) is 10.2. The number of quaternary nitrogens is 1. The van der Waals surface area contributed by atoms with E-state index in [0.29, 0.717) is 17.5 Å². The molecule has 0 aliphatic heterocycles. The van der Waals surface area contributed by atoms with Gasteiger partial charge < -0.3 is 13.9 Å². The molecular formula is C23H49NO3P+. The molecule has 0 aromatic heterocycles. The fourth-order valence-corrected chi connectivity index (χ4v) is 5.58. The number of rotatable bonds is 19. The standard InChI is InChI=1S/C23H48NO3P/c1-6-8-9-10-11-12-13-14-15-16-17-18-19-20-21-22-27-28(25,26)23(7-2)24(3,4)5/h9-10,23H,6-8,11-22H2,1-5H3/p+1/b10-9-. The number of allylic oxidation sites excluding steroid dienone is 2. The Bertz CT molecular complexity index is 432. The molecule has 0 aliphatic carbocycles. The smallest absolute Gasteiger partial charge is 0.320 e. The molecule has 2 atom stereocenters. The second-order valence-corrected chi connectivity index (χ2v) is 11.0. The van der Waals surface area contributed by atoms with Crippen LogP contribution in [-0.2, 0) is 9.09 Å². The van der Waals surface area contributed by atoms with Crippen molar-refractivity contribution in [3.8, 4) is 0 Å². The first kappa shape index (κ1) is 27.8. The minimum atomic E-state index is -3.54. The van der Waals surface area contributed by atoms with Gasteiger partial charge in [-0.3, -0.25) is 4.57 Å². The van der Waals surface area contributed by atoms with Crippen LogP contribution in [0.2, 0.25) is 0 Å². The SMILES string of the molecule is CCC/C=C\CCCCCCCCCCCCOP(=O)(O)C(CC)[N+](C)(C)C. The molecular weight excluding hydrogens is 369 g/mol. The van der Waals surface area contributed by atoms with Crippen LogP contribution in [0.25, 0.3) is 0 Å². The number of hydrogen-bond donors (Lipinski definition) is 1. The van der Waals surface area contributed by atoms with Crippen molar-refractivity contribution in [1.29, 1.82) is 0 Å². The van der Waals surface area contributed by atoms with E-state index in [9.17, 15) is 9.46 Å². The highest BCUT2D eigenvalue weighted by atomic mass is 31.2. The molecule has 2 unspecified atom stereocenters. The molecule has 0 radical (unpaired) electrons. The van der Waals surface area contributed by atoms with Crippen LogP contribution < -0.4 is 0 Å². The Hall–Kier alpha value is -0.150. The average Bonchev–Trinajstić information content (AvgIpc) is 2.60. The van der Waals surface area contributed by atoms with Gasteiger partial charge in [0.15, 0.2) is 5.78 Å². The van der Waals surface area contributed by atoms with Gasteiger partial charge in [-0.25, -0.2) is 0 Å². The van der Waals surface area contributed by atoms with Crippen molar-refractivity contribution < 1.29 is 18.5 Å². The van der Waals surface area contributed by atoms with Crippen LogP contribution in [0.15, 0.2) is 12.2 Å². The highest BCUT2D eigenvalue weighted by Crippen LogP contribution is 2.51. The van der Waals surface area contributed by atoms with E-state index in [1.54, 1.807) is 0 Å². The summed E-state index contributed by atoms with van der Waals surface area (Å²) in [5.74, 6) is -0.347. The normalized spacial score (nSPS) is 15.8. The lowest BCUT2D eigenvalue weighted by atomic mass is 10.1. The second-order valence-electron chi connectivity index (χ2n) is 8.99. The van der Waals surface area contributed by atoms with Crippen molar-refractivity contribution in [2.45, 2.75) is 110 Å². The quantitative estimate of drug-likeness (QED) is 0.104. The fraction of sp³-hybridized carbons (Fsp3) is 0.913. The lowest BCUT2D eigenvalue weighted by Crippen LogP contribution is -2.44. The van der Waals surface area contributed by atoms with E-state index < -0.39 is 7.60 Å². The van der Waals surface area contributed by atoms with Gasteiger partial charge in [-0.15, -0.1) is 0 Å². The third kappa shape index (κ3) is 14.8. The molecule has 0 aliphatic rings. The topological polar surface area (TPSA) is 46.5 Å². The molecule has 0 amide bonds. The molecule has 0 aromatic carbocycles. The van der Waals surface area contributed by atoms with Gasteiger partial charge in [0.2, 0.25) is 0 Å². The molecule has 0 fully saturated rings. The summed E-state index contributed by atoms with van der Waals surface area (Å²) in [7, 11) is 2.30. The second kappa shape index (κ2) is 16.6. The van der Waals surface area contributed by atoms with E-state index in [0.717, 1.165) is 12.8 Å². The summed E-state index contributed by atoms with van der Waals surface area (Å²) in [6.07, 6.45) is 21.5. The molecule has 0 saturated carbocycles. The molecule has 0 saturated heterocycles. The zero-order valence-electron chi connectivity index (χ0n) is 19.5. The maximum atomic E-state index is 12.5. The fourth-order valence-electron chi connectivity index (χ4n) is 3.68. The van der Waals surface area contributed by atoms with Crippen molar-refractivity contribution in [2.24, 2.45) is 0 Å². The van der Waals surface area contributed by atoms with Crippen molar-refractivity contribution in [1.82, 2.24) is 0 Å². The van der Waals surface area contributed by atoms with Gasteiger partial charge >= 0.3 is 7.60 Å².